The topological polar surface area (TPSA) is 183 Å². The quantitative estimate of drug-likeness (QED) is 0.0310. The zero-order valence-corrected chi connectivity index (χ0v) is 38.1. The average molecular weight is 935 g/mol. The van der Waals surface area contributed by atoms with Gasteiger partial charge in [0.15, 0.2) is 0 Å². The molecular weight excluding hydrogens is 880 g/mol. The van der Waals surface area contributed by atoms with Crippen LogP contribution in [-0.4, -0.2) is 77.3 Å². The molecule has 6 atom stereocenters. The Labute approximate surface area is 389 Å². The van der Waals surface area contributed by atoms with E-state index < -0.39 is 38.6 Å². The number of likely N-dealkylation sites (N-methyl/N-ethyl adjacent to an activating group) is 1. The number of aliphatic hydroxyl groups excluding tert-OH is 2. The van der Waals surface area contributed by atoms with Crippen LogP contribution in [0, 0.1) is 33.7 Å². The molecule has 0 radical (unpaired) electrons. The molecule has 1 aliphatic heterocycles. The van der Waals surface area contributed by atoms with Crippen molar-refractivity contribution in [3.05, 3.63) is 160 Å². The number of aromatic nitrogens is 1. The Morgan fingerprint density at radius 2 is 1.75 bits per heavy atom. The minimum atomic E-state index is -4.37. The van der Waals surface area contributed by atoms with Crippen molar-refractivity contribution in [2.24, 2.45) is 22.9 Å². The Bertz CT molecular complexity index is 2750. The van der Waals surface area contributed by atoms with Crippen molar-refractivity contribution < 1.29 is 47.0 Å². The minimum Gasteiger partial charge on any atom is -0.489 e. The largest absolute Gasteiger partial charge is 0.489 e. The molecule has 14 nitrogen and oxygen atoms in total. The van der Waals surface area contributed by atoms with Crippen LogP contribution in [0.5, 0.6) is 11.5 Å². The lowest BCUT2D eigenvalue weighted by atomic mass is 9.55. The molecular formula is C51H55FN4O10S. The van der Waals surface area contributed by atoms with Gasteiger partial charge in [0.05, 0.1) is 34.7 Å². The van der Waals surface area contributed by atoms with Gasteiger partial charge in [0.25, 0.3) is 5.69 Å². The second-order valence-corrected chi connectivity index (χ2v) is 19.2. The van der Waals surface area contributed by atoms with E-state index in [0.717, 1.165) is 17.6 Å². The number of pyridine rings is 1. The van der Waals surface area contributed by atoms with Crippen LogP contribution in [0.3, 0.4) is 0 Å². The van der Waals surface area contributed by atoms with Gasteiger partial charge < -0.3 is 29.3 Å². The number of rotatable bonds is 21. The normalized spacial score (nSPS) is 22.7. The summed E-state index contributed by atoms with van der Waals surface area (Å²) in [4.78, 5) is 21.5. The van der Waals surface area contributed by atoms with E-state index in [4.69, 9.17) is 24.2 Å². The highest BCUT2D eigenvalue weighted by Gasteiger charge is 2.65. The monoisotopic (exact) mass is 934 g/mol. The summed E-state index contributed by atoms with van der Waals surface area (Å²) in [6.07, 6.45) is 9.27. The molecule has 352 valence electrons. The Balaban J connectivity index is 1.31. The smallest absolute Gasteiger partial charge is 0.269 e. The first-order chi connectivity index (χ1) is 32.5. The number of ether oxygens (including phenoxy) is 3. The summed E-state index contributed by atoms with van der Waals surface area (Å²) in [6.45, 7) is 3.94. The molecule has 3 aliphatic rings. The lowest BCUT2D eigenvalue weighted by molar-refractivity contribution is -0.384. The maximum atomic E-state index is 15.2. The second-order valence-electron chi connectivity index (χ2n) is 17.2. The minimum absolute atomic E-state index is 0.0000871. The Morgan fingerprint density at radius 3 is 2.49 bits per heavy atom. The van der Waals surface area contributed by atoms with E-state index in [1.165, 1.54) is 35.6 Å². The fourth-order valence-electron chi connectivity index (χ4n) is 10.1. The number of halogens is 1. The fraction of sp³-hybridized carbons (Fsp3) is 0.373. The second kappa shape index (κ2) is 20.9. The molecule has 1 saturated carbocycles. The zero-order valence-electron chi connectivity index (χ0n) is 37.3. The van der Waals surface area contributed by atoms with Crippen LogP contribution in [0.15, 0.2) is 138 Å². The standard InChI is InChI=1S/C51H55FN4O10S/c1-3-28-64-51-47(55(2)67(61,62)46-18-10-14-35-15-11-25-53-50(35)46)31-44(54-65-32-34-19-21-38(22-20-34)56(59)60)41-29-36(12-6-8-26-57)40(16-7-9-27-58)48(49(41)51)42-30-39(23-24-45(42)66-51)63-33-37-13-4-5-17-43(37)52/h3-5,10-11,13-15,17-25,29-30,36,40,47-49,57-58H,1,6-9,12,16,26-28,31-33H2,2H3/t36-,40+,47-,48+,49+,51+/m0/s1. The summed E-state index contributed by atoms with van der Waals surface area (Å²) in [5.41, 5.74) is 3.27. The number of para-hydroxylation sites is 1. The molecule has 0 unspecified atom stereocenters. The Morgan fingerprint density at radius 1 is 0.985 bits per heavy atom. The third kappa shape index (κ3) is 9.72. The van der Waals surface area contributed by atoms with Gasteiger partial charge in [-0.3, -0.25) is 15.1 Å². The van der Waals surface area contributed by atoms with Gasteiger partial charge in [0.1, 0.15) is 35.4 Å². The van der Waals surface area contributed by atoms with E-state index in [-0.39, 0.29) is 67.7 Å². The molecule has 2 N–H and O–H groups in total. The summed E-state index contributed by atoms with van der Waals surface area (Å²) < 4.78 is 67.1. The predicted octanol–water partition coefficient (Wildman–Crippen LogP) is 9.02. The van der Waals surface area contributed by atoms with E-state index in [2.05, 4.69) is 17.6 Å². The number of unbranched alkanes of at least 4 members (excludes halogenated alkanes) is 2. The third-order valence-corrected chi connectivity index (χ3v) is 15.1. The molecule has 0 amide bonds. The van der Waals surface area contributed by atoms with Gasteiger partial charge in [-0.2, -0.15) is 4.31 Å². The van der Waals surface area contributed by atoms with Gasteiger partial charge in [-0.05, 0) is 97.2 Å². The molecule has 0 spiro atoms. The zero-order chi connectivity index (χ0) is 47.1. The van der Waals surface area contributed by atoms with Crippen LogP contribution in [0.4, 0.5) is 10.1 Å². The van der Waals surface area contributed by atoms with Crippen molar-refractivity contribution in [3.63, 3.8) is 0 Å². The summed E-state index contributed by atoms with van der Waals surface area (Å²) in [6, 6.07) is 25.3. The Kier molecular flexibility index (Phi) is 14.8. The van der Waals surface area contributed by atoms with Crippen LogP contribution in [0.2, 0.25) is 0 Å². The number of benzene rings is 4. The van der Waals surface area contributed by atoms with Gasteiger partial charge in [-0.15, -0.1) is 6.58 Å². The number of non-ortho nitro benzene ring substituents is 1. The number of nitro groups is 1. The number of fused-ring (bicyclic) bond motifs is 3. The SMILES string of the molecule is C=CCO[C@@]12Oc3ccc(OCc4ccccc4F)cc3[C@H]3[C@H](CCCCO)[C@@H](CCCCO)C=C(C(=NOCc4ccc([N+](=O)[O-])cc4)C[C@@H]1N(C)S(=O)(=O)c1cccc4cccnc14)[C@H]32. The highest BCUT2D eigenvalue weighted by Crippen LogP contribution is 2.62. The van der Waals surface area contributed by atoms with Crippen molar-refractivity contribution in [2.75, 3.05) is 26.9 Å². The number of hydrogen-bond donors (Lipinski definition) is 2. The molecule has 67 heavy (non-hydrogen) atoms. The summed E-state index contributed by atoms with van der Waals surface area (Å²) >= 11 is 0. The molecule has 0 saturated heterocycles. The van der Waals surface area contributed by atoms with Crippen molar-refractivity contribution in [1.82, 2.24) is 9.29 Å². The van der Waals surface area contributed by atoms with E-state index in [1.807, 2.05) is 6.07 Å². The summed E-state index contributed by atoms with van der Waals surface area (Å²) in [5, 5.41) is 36.7. The van der Waals surface area contributed by atoms with Crippen molar-refractivity contribution in [2.45, 2.75) is 80.8 Å². The number of oxime groups is 1. The van der Waals surface area contributed by atoms with Crippen molar-refractivity contribution in [1.29, 1.82) is 0 Å². The Hall–Kier alpha value is -6.04. The third-order valence-electron chi connectivity index (χ3n) is 13.2. The molecule has 1 aromatic heterocycles. The van der Waals surface area contributed by atoms with E-state index >= 15 is 8.42 Å². The van der Waals surface area contributed by atoms with E-state index in [9.17, 15) is 24.7 Å². The van der Waals surface area contributed by atoms with Gasteiger partial charge in [0.2, 0.25) is 15.8 Å². The molecule has 2 aliphatic carbocycles. The number of allylic oxidation sites excluding steroid dienone is 1. The fourth-order valence-corrected chi connectivity index (χ4v) is 11.6. The van der Waals surface area contributed by atoms with Gasteiger partial charge in [-0.25, -0.2) is 12.8 Å². The number of hydrogen-bond acceptors (Lipinski definition) is 12. The van der Waals surface area contributed by atoms with Crippen LogP contribution < -0.4 is 9.47 Å². The number of nitrogens with zero attached hydrogens (tertiary/aromatic N) is 4. The van der Waals surface area contributed by atoms with Gasteiger partial charge >= 0.3 is 0 Å². The lowest BCUT2D eigenvalue weighted by Gasteiger charge is -2.59. The van der Waals surface area contributed by atoms with Gasteiger partial charge in [0, 0.05) is 67.4 Å². The average Bonchev–Trinajstić information content (AvgIpc) is 3.34. The molecule has 8 rings (SSSR count). The number of nitro benzene ring substituents is 1. The molecule has 16 heteroatoms. The van der Waals surface area contributed by atoms with Crippen LogP contribution in [0.25, 0.3) is 10.9 Å². The molecule has 1 fully saturated rings. The molecule has 2 heterocycles. The summed E-state index contributed by atoms with van der Waals surface area (Å²) in [5.74, 6) is -2.45. The first kappa shape index (κ1) is 47.5. The van der Waals surface area contributed by atoms with E-state index in [0.29, 0.717) is 71.3 Å². The molecule has 5 aromatic rings. The highest BCUT2D eigenvalue weighted by molar-refractivity contribution is 7.89. The number of sulfonamides is 1. The van der Waals surface area contributed by atoms with Crippen molar-refractivity contribution in [3.8, 4) is 11.5 Å². The molecule has 0 bridgehead atoms. The highest BCUT2D eigenvalue weighted by atomic mass is 32.2. The van der Waals surface area contributed by atoms with Crippen LogP contribution in [-0.2, 0) is 32.8 Å². The summed E-state index contributed by atoms with van der Waals surface area (Å²) in [7, 11) is -2.85. The maximum Gasteiger partial charge on any atom is 0.269 e. The predicted molar refractivity (Wildman–Crippen MR) is 250 cm³/mol. The van der Waals surface area contributed by atoms with Crippen LogP contribution >= 0.6 is 0 Å². The maximum absolute atomic E-state index is 15.2. The van der Waals surface area contributed by atoms with Crippen molar-refractivity contribution >= 4 is 32.3 Å². The first-order valence-electron chi connectivity index (χ1n) is 22.6. The van der Waals surface area contributed by atoms with Gasteiger partial charge in [-0.1, -0.05) is 66.5 Å². The first-order valence-corrected chi connectivity index (χ1v) is 24.1. The number of aliphatic hydroxyl groups is 2. The lowest BCUT2D eigenvalue weighted by Crippen LogP contribution is -2.69. The molecule has 4 aromatic carbocycles. The van der Waals surface area contributed by atoms with Crippen LogP contribution in [0.1, 0.15) is 67.6 Å². The van der Waals surface area contributed by atoms with E-state index in [1.54, 1.807) is 79.0 Å².